The van der Waals surface area contributed by atoms with E-state index in [1.807, 2.05) is 12.1 Å². The van der Waals surface area contributed by atoms with Crippen molar-refractivity contribution in [2.24, 2.45) is 10.9 Å². The quantitative estimate of drug-likeness (QED) is 0.383. The first-order valence-electron chi connectivity index (χ1n) is 10.6. The molecular formula is C21H33IN4O2. The third kappa shape index (κ3) is 5.42. The Morgan fingerprint density at radius 2 is 2.07 bits per heavy atom. The number of nitrogens with one attached hydrogen (secondary N) is 1. The van der Waals surface area contributed by atoms with E-state index >= 15 is 0 Å². The fourth-order valence-corrected chi connectivity index (χ4v) is 4.66. The maximum Gasteiger partial charge on any atom is 0.223 e. The first kappa shape index (κ1) is 21.5. The number of rotatable bonds is 5. The van der Waals surface area contributed by atoms with Crippen molar-refractivity contribution in [1.82, 2.24) is 15.1 Å². The molecule has 3 aliphatic rings. The second-order valence-electron chi connectivity index (χ2n) is 8.15. The highest BCUT2D eigenvalue weighted by Crippen LogP contribution is 2.25. The van der Waals surface area contributed by atoms with Crippen LogP contribution in [0, 0.1) is 5.92 Å². The Labute approximate surface area is 185 Å². The van der Waals surface area contributed by atoms with Gasteiger partial charge in [0.05, 0.1) is 6.26 Å². The van der Waals surface area contributed by atoms with Gasteiger partial charge < -0.3 is 19.5 Å². The second kappa shape index (κ2) is 10.5. The summed E-state index contributed by atoms with van der Waals surface area (Å²) in [7, 11) is 0. The molecule has 0 aromatic carbocycles. The highest BCUT2D eigenvalue weighted by Gasteiger charge is 2.36. The molecular weight excluding hydrogens is 467 g/mol. The third-order valence-corrected chi connectivity index (χ3v) is 6.25. The molecule has 1 amide bonds. The molecule has 28 heavy (non-hydrogen) atoms. The van der Waals surface area contributed by atoms with Gasteiger partial charge in [0, 0.05) is 51.6 Å². The highest BCUT2D eigenvalue weighted by atomic mass is 127. The van der Waals surface area contributed by atoms with Crippen molar-refractivity contribution in [3.63, 3.8) is 0 Å². The van der Waals surface area contributed by atoms with Crippen molar-refractivity contribution in [2.45, 2.75) is 57.4 Å². The number of furan rings is 1. The van der Waals surface area contributed by atoms with E-state index in [0.29, 0.717) is 18.4 Å². The summed E-state index contributed by atoms with van der Waals surface area (Å²) < 4.78 is 5.45. The molecule has 7 heteroatoms. The minimum absolute atomic E-state index is 0. The third-order valence-electron chi connectivity index (χ3n) is 6.25. The molecule has 0 bridgehead atoms. The van der Waals surface area contributed by atoms with Gasteiger partial charge in [-0.05, 0) is 37.3 Å². The second-order valence-corrected chi connectivity index (χ2v) is 8.15. The highest BCUT2D eigenvalue weighted by molar-refractivity contribution is 14.0. The number of carbonyl (C=O) groups is 1. The van der Waals surface area contributed by atoms with Gasteiger partial charge in [-0.25, -0.2) is 0 Å². The number of piperazine rings is 1. The van der Waals surface area contributed by atoms with Crippen molar-refractivity contribution in [2.75, 3.05) is 32.7 Å². The normalized spacial score (nSPS) is 23.5. The molecule has 0 spiro atoms. The molecule has 4 rings (SSSR count). The van der Waals surface area contributed by atoms with Crippen LogP contribution in [0.4, 0.5) is 0 Å². The Morgan fingerprint density at radius 1 is 1.21 bits per heavy atom. The minimum Gasteiger partial charge on any atom is -0.469 e. The van der Waals surface area contributed by atoms with E-state index in [2.05, 4.69) is 15.1 Å². The van der Waals surface area contributed by atoms with E-state index in [-0.39, 0.29) is 24.0 Å². The SMILES string of the molecule is I.O=C1CCC2CN(C(=NCC3CCCCC3)NCCc3ccco3)CCN12. The van der Waals surface area contributed by atoms with Gasteiger partial charge in [-0.3, -0.25) is 9.79 Å². The summed E-state index contributed by atoms with van der Waals surface area (Å²) in [5.41, 5.74) is 0. The lowest BCUT2D eigenvalue weighted by Crippen LogP contribution is -2.56. The molecule has 3 fully saturated rings. The van der Waals surface area contributed by atoms with Gasteiger partial charge in [0.25, 0.3) is 0 Å². The molecule has 2 aliphatic heterocycles. The molecule has 1 aromatic heterocycles. The van der Waals surface area contributed by atoms with Crippen molar-refractivity contribution in [1.29, 1.82) is 0 Å². The van der Waals surface area contributed by atoms with Gasteiger partial charge in [0.2, 0.25) is 5.91 Å². The predicted molar refractivity (Wildman–Crippen MR) is 121 cm³/mol. The van der Waals surface area contributed by atoms with Crippen LogP contribution in [0.15, 0.2) is 27.8 Å². The summed E-state index contributed by atoms with van der Waals surface area (Å²) in [6.45, 7) is 4.35. The first-order valence-corrected chi connectivity index (χ1v) is 10.6. The number of halogens is 1. The zero-order valence-corrected chi connectivity index (χ0v) is 19.0. The van der Waals surface area contributed by atoms with Gasteiger partial charge >= 0.3 is 0 Å². The summed E-state index contributed by atoms with van der Waals surface area (Å²) in [6.07, 6.45) is 11.0. The number of hydrogen-bond donors (Lipinski definition) is 1. The maximum absolute atomic E-state index is 12.0. The Hall–Kier alpha value is -1.25. The summed E-state index contributed by atoms with van der Waals surface area (Å²) in [4.78, 5) is 21.4. The van der Waals surface area contributed by atoms with Crippen molar-refractivity contribution in [3.8, 4) is 0 Å². The molecule has 3 heterocycles. The number of carbonyl (C=O) groups excluding carboxylic acids is 1. The molecule has 1 aromatic rings. The van der Waals surface area contributed by atoms with Crippen LogP contribution in [-0.4, -0.2) is 60.4 Å². The molecule has 1 unspecified atom stereocenters. The Kier molecular flexibility index (Phi) is 8.05. The molecule has 156 valence electrons. The van der Waals surface area contributed by atoms with Gasteiger partial charge in [0.1, 0.15) is 5.76 Å². The van der Waals surface area contributed by atoms with Crippen LogP contribution in [-0.2, 0) is 11.2 Å². The van der Waals surface area contributed by atoms with Crippen LogP contribution in [0.1, 0.15) is 50.7 Å². The minimum atomic E-state index is 0. The van der Waals surface area contributed by atoms with Gasteiger partial charge in [0.15, 0.2) is 5.96 Å². The molecule has 1 N–H and O–H groups in total. The molecule has 1 aliphatic carbocycles. The van der Waals surface area contributed by atoms with E-state index in [1.54, 1.807) is 6.26 Å². The lowest BCUT2D eigenvalue weighted by molar-refractivity contribution is -0.130. The van der Waals surface area contributed by atoms with E-state index in [9.17, 15) is 4.79 Å². The Morgan fingerprint density at radius 3 is 2.86 bits per heavy atom. The van der Waals surface area contributed by atoms with E-state index in [1.165, 1.54) is 32.1 Å². The van der Waals surface area contributed by atoms with Crippen LogP contribution < -0.4 is 5.32 Å². The smallest absolute Gasteiger partial charge is 0.223 e. The number of fused-ring (bicyclic) bond motifs is 1. The predicted octanol–water partition coefficient (Wildman–Crippen LogP) is 3.27. The van der Waals surface area contributed by atoms with Gasteiger partial charge in [-0.15, -0.1) is 24.0 Å². The van der Waals surface area contributed by atoms with Crippen LogP contribution in [0.2, 0.25) is 0 Å². The maximum atomic E-state index is 12.0. The summed E-state index contributed by atoms with van der Waals surface area (Å²) in [6, 6.07) is 4.31. The van der Waals surface area contributed by atoms with Crippen LogP contribution in [0.5, 0.6) is 0 Å². The fraction of sp³-hybridized carbons (Fsp3) is 0.714. The van der Waals surface area contributed by atoms with Crippen molar-refractivity contribution < 1.29 is 9.21 Å². The van der Waals surface area contributed by atoms with Crippen molar-refractivity contribution in [3.05, 3.63) is 24.2 Å². The van der Waals surface area contributed by atoms with Crippen LogP contribution >= 0.6 is 24.0 Å². The topological polar surface area (TPSA) is 61.1 Å². The van der Waals surface area contributed by atoms with Crippen LogP contribution in [0.25, 0.3) is 0 Å². The standard InChI is InChI=1S/C21H32N4O2.HI/c26-20-9-8-18-16-24(12-13-25(18)20)21(22-11-10-19-7-4-14-27-19)23-15-17-5-2-1-3-6-17;/h4,7,14,17-18H,1-3,5-6,8-13,15-16H2,(H,22,23);1H. The van der Waals surface area contributed by atoms with Crippen LogP contribution in [0.3, 0.4) is 0 Å². The molecule has 6 nitrogen and oxygen atoms in total. The molecule has 0 radical (unpaired) electrons. The largest absolute Gasteiger partial charge is 0.469 e. The summed E-state index contributed by atoms with van der Waals surface area (Å²) >= 11 is 0. The molecule has 2 saturated heterocycles. The lowest BCUT2D eigenvalue weighted by atomic mass is 9.89. The number of aliphatic imine (C=N–C) groups is 1. The number of guanidine groups is 1. The number of nitrogens with zero attached hydrogens (tertiary/aromatic N) is 3. The Bertz CT molecular complexity index is 643. The average Bonchev–Trinajstić information content (AvgIpc) is 3.35. The molecule has 1 saturated carbocycles. The number of hydrogen-bond acceptors (Lipinski definition) is 3. The Balaban J connectivity index is 0.00000225. The van der Waals surface area contributed by atoms with E-state index in [4.69, 9.17) is 9.41 Å². The van der Waals surface area contributed by atoms with E-state index in [0.717, 1.165) is 63.2 Å². The monoisotopic (exact) mass is 500 g/mol. The average molecular weight is 500 g/mol. The van der Waals surface area contributed by atoms with Crippen molar-refractivity contribution >= 4 is 35.8 Å². The molecule has 1 atom stereocenters. The summed E-state index contributed by atoms with van der Waals surface area (Å²) in [5, 5.41) is 3.57. The summed E-state index contributed by atoms with van der Waals surface area (Å²) in [5.74, 6) is 3.08. The fourth-order valence-electron chi connectivity index (χ4n) is 4.66. The lowest BCUT2D eigenvalue weighted by Gasteiger charge is -2.39. The number of amides is 1. The first-order chi connectivity index (χ1) is 13.3. The van der Waals surface area contributed by atoms with E-state index < -0.39 is 0 Å². The zero-order valence-electron chi connectivity index (χ0n) is 16.6. The zero-order chi connectivity index (χ0) is 18.5. The van der Waals surface area contributed by atoms with Gasteiger partial charge in [-0.2, -0.15) is 0 Å². The van der Waals surface area contributed by atoms with Gasteiger partial charge in [-0.1, -0.05) is 19.3 Å².